The number of hydrogen-bond acceptors (Lipinski definition) is 3. The molecule has 0 radical (unpaired) electrons. The molecule has 4 heteroatoms. The Morgan fingerprint density at radius 2 is 1.90 bits per heavy atom. The lowest BCUT2D eigenvalue weighted by molar-refractivity contribution is 0.278. The molecule has 0 saturated heterocycles. The fraction of sp³-hybridized carbons (Fsp3) is 0.176. The smallest absolute Gasteiger partial charge is 0.138 e. The fourth-order valence-electron chi connectivity index (χ4n) is 1.79. The quantitative estimate of drug-likeness (QED) is 0.848. The molecular formula is C17H15FO3. The van der Waals surface area contributed by atoms with Gasteiger partial charge in [-0.1, -0.05) is 30.0 Å². The normalized spacial score (nSPS) is 9.86. The number of ether oxygens (including phenoxy) is 1. The first-order valence-corrected chi connectivity index (χ1v) is 6.43. The van der Waals surface area contributed by atoms with E-state index in [0.717, 1.165) is 11.1 Å². The third kappa shape index (κ3) is 4.32. The van der Waals surface area contributed by atoms with Crippen molar-refractivity contribution in [3.05, 3.63) is 65.0 Å². The number of aliphatic hydroxyl groups is 2. The lowest BCUT2D eigenvalue weighted by Gasteiger charge is -2.08. The maximum Gasteiger partial charge on any atom is 0.138 e. The first-order chi connectivity index (χ1) is 10.2. The summed E-state index contributed by atoms with van der Waals surface area (Å²) in [6.07, 6.45) is 0. The van der Waals surface area contributed by atoms with Crippen LogP contribution in [0, 0.1) is 17.7 Å². The summed E-state index contributed by atoms with van der Waals surface area (Å²) >= 11 is 0. The van der Waals surface area contributed by atoms with Crippen LogP contribution in [0.3, 0.4) is 0 Å². The van der Waals surface area contributed by atoms with Crippen molar-refractivity contribution in [2.24, 2.45) is 0 Å². The summed E-state index contributed by atoms with van der Waals surface area (Å²) in [6.45, 7) is -0.0915. The highest BCUT2D eigenvalue weighted by Gasteiger charge is 2.03. The van der Waals surface area contributed by atoms with Gasteiger partial charge in [0.2, 0.25) is 0 Å². The molecule has 0 bridgehead atoms. The second-order valence-corrected chi connectivity index (χ2v) is 4.37. The van der Waals surface area contributed by atoms with E-state index in [-0.39, 0.29) is 25.4 Å². The standard InChI is InChI=1S/C17H15FO3/c18-17-7-6-14(9-15(17)4-2-8-19)12-21-16-5-1-3-13(10-16)11-20/h1,3,5-7,9-10,19-20H,8,11-12H2. The van der Waals surface area contributed by atoms with Crippen molar-refractivity contribution in [3.8, 4) is 17.6 Å². The first kappa shape index (κ1) is 15.0. The Morgan fingerprint density at radius 1 is 1.05 bits per heavy atom. The summed E-state index contributed by atoms with van der Waals surface area (Å²) < 4.78 is 19.1. The van der Waals surface area contributed by atoms with E-state index in [9.17, 15) is 4.39 Å². The molecule has 0 aliphatic rings. The van der Waals surface area contributed by atoms with E-state index in [1.54, 1.807) is 36.4 Å². The summed E-state index contributed by atoms with van der Waals surface area (Å²) in [6, 6.07) is 11.7. The van der Waals surface area contributed by atoms with Gasteiger partial charge in [0.25, 0.3) is 0 Å². The van der Waals surface area contributed by atoms with E-state index in [1.165, 1.54) is 6.07 Å². The maximum atomic E-state index is 13.5. The van der Waals surface area contributed by atoms with E-state index < -0.39 is 5.82 Å². The zero-order chi connectivity index (χ0) is 15.1. The minimum atomic E-state index is -0.429. The highest BCUT2D eigenvalue weighted by atomic mass is 19.1. The van der Waals surface area contributed by atoms with Crippen molar-refractivity contribution < 1.29 is 19.3 Å². The lowest BCUT2D eigenvalue weighted by atomic mass is 10.1. The molecule has 0 heterocycles. The van der Waals surface area contributed by atoms with Gasteiger partial charge in [-0.15, -0.1) is 0 Å². The molecule has 2 aromatic rings. The summed E-state index contributed by atoms with van der Waals surface area (Å²) in [5, 5.41) is 17.7. The predicted octanol–water partition coefficient (Wildman–Crippen LogP) is 2.24. The van der Waals surface area contributed by atoms with Gasteiger partial charge in [-0.05, 0) is 35.4 Å². The van der Waals surface area contributed by atoms with Gasteiger partial charge in [-0.2, -0.15) is 0 Å². The highest BCUT2D eigenvalue weighted by molar-refractivity contribution is 5.38. The molecule has 108 valence electrons. The number of halogens is 1. The largest absolute Gasteiger partial charge is 0.489 e. The van der Waals surface area contributed by atoms with Gasteiger partial charge in [0.1, 0.15) is 24.8 Å². The summed E-state index contributed by atoms with van der Waals surface area (Å²) in [7, 11) is 0. The number of hydrogen-bond donors (Lipinski definition) is 2. The molecule has 2 N–H and O–H groups in total. The van der Waals surface area contributed by atoms with Crippen LogP contribution in [0.15, 0.2) is 42.5 Å². The monoisotopic (exact) mass is 286 g/mol. The molecule has 0 fully saturated rings. The third-order valence-corrected chi connectivity index (χ3v) is 2.82. The summed E-state index contributed by atoms with van der Waals surface area (Å²) in [5.74, 6) is 5.18. The van der Waals surface area contributed by atoms with Crippen LogP contribution >= 0.6 is 0 Å². The van der Waals surface area contributed by atoms with Gasteiger partial charge in [-0.25, -0.2) is 4.39 Å². The maximum absolute atomic E-state index is 13.5. The van der Waals surface area contributed by atoms with E-state index in [1.807, 2.05) is 0 Å². The molecule has 0 aromatic heterocycles. The molecule has 2 aromatic carbocycles. The van der Waals surface area contributed by atoms with E-state index in [4.69, 9.17) is 14.9 Å². The molecule has 0 unspecified atom stereocenters. The third-order valence-electron chi connectivity index (χ3n) is 2.82. The highest BCUT2D eigenvalue weighted by Crippen LogP contribution is 2.16. The Labute approximate surface area is 122 Å². The molecule has 0 atom stereocenters. The van der Waals surface area contributed by atoms with Crippen LogP contribution in [-0.4, -0.2) is 16.8 Å². The molecular weight excluding hydrogens is 271 g/mol. The van der Waals surface area contributed by atoms with E-state index in [0.29, 0.717) is 5.75 Å². The second-order valence-electron chi connectivity index (χ2n) is 4.37. The van der Waals surface area contributed by atoms with Crippen LogP contribution in [0.4, 0.5) is 4.39 Å². The number of benzene rings is 2. The zero-order valence-corrected chi connectivity index (χ0v) is 11.3. The summed E-state index contributed by atoms with van der Waals surface area (Å²) in [4.78, 5) is 0. The molecule has 0 amide bonds. The minimum absolute atomic E-state index is 0.0470. The van der Waals surface area contributed by atoms with Gasteiger partial charge in [0.05, 0.1) is 12.2 Å². The van der Waals surface area contributed by atoms with Crippen LogP contribution in [0.1, 0.15) is 16.7 Å². The summed E-state index contributed by atoms with van der Waals surface area (Å²) in [5.41, 5.74) is 1.77. The second kappa shape index (κ2) is 7.44. The van der Waals surface area contributed by atoms with Crippen molar-refractivity contribution >= 4 is 0 Å². The molecule has 0 aliphatic heterocycles. The van der Waals surface area contributed by atoms with Crippen molar-refractivity contribution in [3.63, 3.8) is 0 Å². The van der Waals surface area contributed by atoms with Crippen LogP contribution < -0.4 is 4.74 Å². The van der Waals surface area contributed by atoms with Crippen molar-refractivity contribution in [1.82, 2.24) is 0 Å². The van der Waals surface area contributed by atoms with Crippen molar-refractivity contribution in [1.29, 1.82) is 0 Å². The van der Waals surface area contributed by atoms with Crippen LogP contribution in [0.2, 0.25) is 0 Å². The Bertz CT molecular complexity index is 671. The molecule has 21 heavy (non-hydrogen) atoms. The molecule has 0 spiro atoms. The van der Waals surface area contributed by atoms with Gasteiger partial charge in [0, 0.05) is 0 Å². The Balaban J connectivity index is 2.09. The average molecular weight is 286 g/mol. The van der Waals surface area contributed by atoms with Crippen molar-refractivity contribution in [2.75, 3.05) is 6.61 Å². The topological polar surface area (TPSA) is 49.7 Å². The van der Waals surface area contributed by atoms with Gasteiger partial charge in [-0.3, -0.25) is 0 Å². The van der Waals surface area contributed by atoms with Crippen LogP contribution in [-0.2, 0) is 13.2 Å². The Morgan fingerprint density at radius 3 is 2.67 bits per heavy atom. The van der Waals surface area contributed by atoms with Gasteiger partial charge < -0.3 is 14.9 Å². The SMILES string of the molecule is OCC#Cc1cc(COc2cccc(CO)c2)ccc1F. The van der Waals surface area contributed by atoms with Crippen molar-refractivity contribution in [2.45, 2.75) is 13.2 Å². The lowest BCUT2D eigenvalue weighted by Crippen LogP contribution is -1.98. The Hall–Kier alpha value is -2.35. The van der Waals surface area contributed by atoms with E-state index >= 15 is 0 Å². The number of aliphatic hydroxyl groups excluding tert-OH is 2. The van der Waals surface area contributed by atoms with Gasteiger partial charge >= 0.3 is 0 Å². The first-order valence-electron chi connectivity index (χ1n) is 6.43. The van der Waals surface area contributed by atoms with Gasteiger partial charge in [0.15, 0.2) is 0 Å². The Kier molecular flexibility index (Phi) is 5.33. The van der Waals surface area contributed by atoms with Crippen LogP contribution in [0.25, 0.3) is 0 Å². The van der Waals surface area contributed by atoms with Crippen LogP contribution in [0.5, 0.6) is 5.75 Å². The average Bonchev–Trinajstić information content (AvgIpc) is 2.53. The zero-order valence-electron chi connectivity index (χ0n) is 11.3. The molecule has 0 aliphatic carbocycles. The van der Waals surface area contributed by atoms with E-state index in [2.05, 4.69) is 11.8 Å². The number of rotatable bonds is 4. The molecule has 2 rings (SSSR count). The fourth-order valence-corrected chi connectivity index (χ4v) is 1.79. The minimum Gasteiger partial charge on any atom is -0.489 e. The molecule has 3 nitrogen and oxygen atoms in total. The predicted molar refractivity (Wildman–Crippen MR) is 77.1 cm³/mol. The molecule has 0 saturated carbocycles.